The Morgan fingerprint density at radius 3 is 2.57 bits per heavy atom. The van der Waals surface area contributed by atoms with Crippen LogP contribution in [-0.4, -0.2) is 33.1 Å². The molecule has 1 aromatic carbocycles. The molecule has 5 heteroatoms. The minimum atomic E-state index is 0.0636. The van der Waals surface area contributed by atoms with Gasteiger partial charge < -0.3 is 9.84 Å². The second-order valence-electron chi connectivity index (χ2n) is 5.35. The van der Waals surface area contributed by atoms with Crippen LogP contribution in [0.15, 0.2) is 24.3 Å². The van der Waals surface area contributed by atoms with Crippen molar-refractivity contribution in [2.24, 2.45) is 0 Å². The van der Waals surface area contributed by atoms with Crippen molar-refractivity contribution in [3.05, 3.63) is 35.7 Å². The quantitative estimate of drug-likeness (QED) is 0.937. The van der Waals surface area contributed by atoms with Gasteiger partial charge in [0.25, 0.3) is 0 Å². The fourth-order valence-electron chi connectivity index (χ4n) is 2.68. The van der Waals surface area contributed by atoms with Gasteiger partial charge in [-0.25, -0.2) is 9.67 Å². The Morgan fingerprint density at radius 2 is 1.95 bits per heavy atom. The summed E-state index contributed by atoms with van der Waals surface area (Å²) in [5, 5.41) is 13.8. The molecule has 0 amide bonds. The van der Waals surface area contributed by atoms with Crippen LogP contribution in [0.1, 0.15) is 37.1 Å². The highest BCUT2D eigenvalue weighted by atomic mass is 16.5. The van der Waals surface area contributed by atoms with Gasteiger partial charge in [0, 0.05) is 31.2 Å². The van der Waals surface area contributed by atoms with Crippen LogP contribution >= 0.6 is 0 Å². The summed E-state index contributed by atoms with van der Waals surface area (Å²) < 4.78 is 7.37. The third kappa shape index (κ3) is 2.99. The Hall–Kier alpha value is -1.72. The number of hydrogen-bond donors (Lipinski definition) is 1. The standard InChI is InChI=1S/C16H21N3O2/c1-2-19-16(14-5-3-12(11-20)4-6-14)17-15(18-19)13-7-9-21-10-8-13/h3-6,13,20H,2,7-11H2,1H3. The highest BCUT2D eigenvalue weighted by Crippen LogP contribution is 2.27. The van der Waals surface area contributed by atoms with Gasteiger partial charge in [-0.3, -0.25) is 0 Å². The van der Waals surface area contributed by atoms with Crippen LogP contribution < -0.4 is 0 Å². The molecule has 1 N–H and O–H groups in total. The third-order valence-corrected chi connectivity index (χ3v) is 3.97. The second-order valence-corrected chi connectivity index (χ2v) is 5.35. The first kappa shape index (κ1) is 14.2. The van der Waals surface area contributed by atoms with Crippen molar-refractivity contribution in [2.45, 2.75) is 38.8 Å². The first-order valence-corrected chi connectivity index (χ1v) is 7.54. The summed E-state index contributed by atoms with van der Waals surface area (Å²) in [6, 6.07) is 7.85. The summed E-state index contributed by atoms with van der Waals surface area (Å²) in [4.78, 5) is 4.76. The van der Waals surface area contributed by atoms with E-state index in [0.717, 1.165) is 55.4 Å². The Labute approximate surface area is 124 Å². The number of ether oxygens (including phenoxy) is 1. The first-order valence-electron chi connectivity index (χ1n) is 7.54. The van der Waals surface area contributed by atoms with E-state index in [1.54, 1.807) is 0 Å². The van der Waals surface area contributed by atoms with E-state index in [2.05, 4.69) is 12.0 Å². The smallest absolute Gasteiger partial charge is 0.158 e. The van der Waals surface area contributed by atoms with E-state index in [1.807, 2.05) is 28.9 Å². The van der Waals surface area contributed by atoms with E-state index < -0.39 is 0 Å². The molecule has 1 aliphatic heterocycles. The molecule has 1 aliphatic rings. The van der Waals surface area contributed by atoms with Crippen LogP contribution in [0.3, 0.4) is 0 Å². The average Bonchev–Trinajstić information content (AvgIpc) is 3.00. The van der Waals surface area contributed by atoms with Crippen LogP contribution in [0, 0.1) is 0 Å². The predicted octanol–water partition coefficient (Wildman–Crippen LogP) is 2.35. The van der Waals surface area contributed by atoms with Crippen LogP contribution in [0.5, 0.6) is 0 Å². The highest BCUT2D eigenvalue weighted by Gasteiger charge is 2.22. The number of aliphatic hydroxyl groups excluding tert-OH is 1. The molecule has 0 aliphatic carbocycles. The summed E-state index contributed by atoms with van der Waals surface area (Å²) in [7, 11) is 0. The minimum absolute atomic E-state index is 0.0636. The lowest BCUT2D eigenvalue weighted by Crippen LogP contribution is -2.15. The Bertz CT molecular complexity index is 586. The number of benzene rings is 1. The largest absolute Gasteiger partial charge is 0.392 e. The predicted molar refractivity (Wildman–Crippen MR) is 79.8 cm³/mol. The molecule has 1 aromatic heterocycles. The average molecular weight is 287 g/mol. The lowest BCUT2D eigenvalue weighted by molar-refractivity contribution is 0.0835. The molecule has 0 spiro atoms. The number of aromatic nitrogens is 3. The molecular weight excluding hydrogens is 266 g/mol. The number of nitrogens with zero attached hydrogens (tertiary/aromatic N) is 3. The normalized spacial score (nSPS) is 16.3. The Morgan fingerprint density at radius 1 is 1.24 bits per heavy atom. The van der Waals surface area contributed by atoms with Gasteiger partial charge in [-0.2, -0.15) is 5.10 Å². The van der Waals surface area contributed by atoms with Gasteiger partial charge >= 0.3 is 0 Å². The van der Waals surface area contributed by atoms with Gasteiger partial charge in [0.2, 0.25) is 0 Å². The zero-order valence-electron chi connectivity index (χ0n) is 12.3. The summed E-state index contributed by atoms with van der Waals surface area (Å²) in [5.41, 5.74) is 1.95. The van der Waals surface area contributed by atoms with Crippen LogP contribution in [0.25, 0.3) is 11.4 Å². The van der Waals surface area contributed by atoms with Crippen molar-refractivity contribution < 1.29 is 9.84 Å². The maximum Gasteiger partial charge on any atom is 0.158 e. The fraction of sp³-hybridized carbons (Fsp3) is 0.500. The van der Waals surface area contributed by atoms with Gasteiger partial charge in [0.1, 0.15) is 0 Å². The van der Waals surface area contributed by atoms with Crippen molar-refractivity contribution >= 4 is 0 Å². The van der Waals surface area contributed by atoms with Crippen LogP contribution in [0.4, 0.5) is 0 Å². The fourth-order valence-corrected chi connectivity index (χ4v) is 2.68. The molecule has 0 bridgehead atoms. The van der Waals surface area contributed by atoms with Gasteiger partial charge in [-0.15, -0.1) is 0 Å². The highest BCUT2D eigenvalue weighted by molar-refractivity contribution is 5.55. The molecule has 0 radical (unpaired) electrons. The van der Waals surface area contributed by atoms with Crippen molar-refractivity contribution in [1.82, 2.24) is 14.8 Å². The number of rotatable bonds is 4. The van der Waals surface area contributed by atoms with E-state index in [0.29, 0.717) is 5.92 Å². The van der Waals surface area contributed by atoms with Crippen molar-refractivity contribution in [3.63, 3.8) is 0 Å². The molecule has 1 fully saturated rings. The number of aryl methyl sites for hydroxylation is 1. The molecule has 1 saturated heterocycles. The maximum absolute atomic E-state index is 9.13. The van der Waals surface area contributed by atoms with Gasteiger partial charge in [0.15, 0.2) is 11.6 Å². The van der Waals surface area contributed by atoms with Gasteiger partial charge in [-0.05, 0) is 25.3 Å². The third-order valence-electron chi connectivity index (χ3n) is 3.97. The zero-order chi connectivity index (χ0) is 14.7. The van der Waals surface area contributed by atoms with Crippen molar-refractivity contribution in [1.29, 1.82) is 0 Å². The SMILES string of the molecule is CCn1nc(C2CCOCC2)nc1-c1ccc(CO)cc1. The molecule has 2 heterocycles. The first-order chi connectivity index (χ1) is 10.3. The molecule has 21 heavy (non-hydrogen) atoms. The van der Waals surface area contributed by atoms with E-state index >= 15 is 0 Å². The molecule has 2 aromatic rings. The topological polar surface area (TPSA) is 60.2 Å². The Kier molecular flexibility index (Phi) is 4.31. The summed E-state index contributed by atoms with van der Waals surface area (Å²) in [6.45, 7) is 4.53. The molecule has 0 saturated carbocycles. The van der Waals surface area contributed by atoms with E-state index in [-0.39, 0.29) is 6.61 Å². The number of hydrogen-bond acceptors (Lipinski definition) is 4. The monoisotopic (exact) mass is 287 g/mol. The molecular formula is C16H21N3O2. The molecule has 0 unspecified atom stereocenters. The van der Waals surface area contributed by atoms with E-state index in [4.69, 9.17) is 14.8 Å². The summed E-state index contributed by atoms with van der Waals surface area (Å²) >= 11 is 0. The van der Waals surface area contributed by atoms with Gasteiger partial charge in [0.05, 0.1) is 6.61 Å². The van der Waals surface area contributed by atoms with Crippen molar-refractivity contribution in [2.75, 3.05) is 13.2 Å². The molecule has 5 nitrogen and oxygen atoms in total. The minimum Gasteiger partial charge on any atom is -0.392 e. The summed E-state index contributed by atoms with van der Waals surface area (Å²) in [6.07, 6.45) is 1.99. The van der Waals surface area contributed by atoms with Crippen LogP contribution in [-0.2, 0) is 17.9 Å². The second kappa shape index (κ2) is 6.37. The number of aliphatic hydroxyl groups is 1. The van der Waals surface area contributed by atoms with Gasteiger partial charge in [-0.1, -0.05) is 24.3 Å². The van der Waals surface area contributed by atoms with Crippen molar-refractivity contribution in [3.8, 4) is 11.4 Å². The summed E-state index contributed by atoms with van der Waals surface area (Å²) in [5.74, 6) is 2.24. The van der Waals surface area contributed by atoms with Crippen LogP contribution in [0.2, 0.25) is 0 Å². The molecule has 112 valence electrons. The van der Waals surface area contributed by atoms with E-state index in [1.165, 1.54) is 0 Å². The van der Waals surface area contributed by atoms with E-state index in [9.17, 15) is 0 Å². The zero-order valence-corrected chi connectivity index (χ0v) is 12.3. The lowest BCUT2D eigenvalue weighted by atomic mass is 10.00. The molecule has 0 atom stereocenters. The lowest BCUT2D eigenvalue weighted by Gasteiger charge is -2.18. The Balaban J connectivity index is 1.91. The maximum atomic E-state index is 9.13. The molecule has 3 rings (SSSR count).